The molecule has 0 aliphatic heterocycles. The van der Waals surface area contributed by atoms with Gasteiger partial charge in [0.05, 0.1) is 11.9 Å². The van der Waals surface area contributed by atoms with Crippen molar-refractivity contribution in [3.63, 3.8) is 0 Å². The van der Waals surface area contributed by atoms with Gasteiger partial charge in [-0.25, -0.2) is 0 Å². The van der Waals surface area contributed by atoms with Gasteiger partial charge in [-0.15, -0.1) is 0 Å². The maximum Gasteiger partial charge on any atom is 0.0763 e. The zero-order chi connectivity index (χ0) is 17.5. The average molecular weight is 334 g/mol. The summed E-state index contributed by atoms with van der Waals surface area (Å²) in [5.41, 5.74) is 4.75. The monoisotopic (exact) mass is 334 g/mol. The fourth-order valence-electron chi connectivity index (χ4n) is 3.85. The lowest BCUT2D eigenvalue weighted by atomic mass is 9.94. The molecule has 0 atom stereocenters. The van der Waals surface area contributed by atoms with Gasteiger partial charge in [0.1, 0.15) is 0 Å². The lowest BCUT2D eigenvalue weighted by molar-refractivity contribution is 0.776. The van der Waals surface area contributed by atoms with Crippen molar-refractivity contribution in [2.75, 3.05) is 0 Å². The van der Waals surface area contributed by atoms with E-state index in [0.717, 1.165) is 5.69 Å². The van der Waals surface area contributed by atoms with E-state index < -0.39 is 0 Å². The van der Waals surface area contributed by atoms with Crippen LogP contribution in [0.5, 0.6) is 0 Å². The van der Waals surface area contributed by atoms with Gasteiger partial charge >= 0.3 is 0 Å². The van der Waals surface area contributed by atoms with Gasteiger partial charge in [-0.1, -0.05) is 84.9 Å². The largest absolute Gasteiger partial charge is 0.267 e. The lowest BCUT2D eigenvalue weighted by Gasteiger charge is -2.12. The van der Waals surface area contributed by atoms with Gasteiger partial charge in [0.2, 0.25) is 0 Å². The average Bonchev–Trinajstić information content (AvgIpc) is 3.08. The van der Waals surface area contributed by atoms with E-state index in [1.807, 2.05) is 17.9 Å². The Bertz CT molecular complexity index is 1240. The molecule has 124 valence electrons. The van der Waals surface area contributed by atoms with E-state index in [1.165, 1.54) is 38.2 Å². The molecule has 0 unspecified atom stereocenters. The van der Waals surface area contributed by atoms with Crippen molar-refractivity contribution in [1.82, 2.24) is 9.78 Å². The highest BCUT2D eigenvalue weighted by Crippen LogP contribution is 2.38. The Morgan fingerprint density at radius 1 is 0.577 bits per heavy atom. The Morgan fingerprint density at radius 2 is 1.12 bits per heavy atom. The second kappa shape index (κ2) is 5.85. The minimum atomic E-state index is 1.15. The van der Waals surface area contributed by atoms with Crippen LogP contribution in [0.2, 0.25) is 0 Å². The molecular formula is C24H18N2. The summed E-state index contributed by atoms with van der Waals surface area (Å²) < 4.78 is 1.98. The number of aryl methyl sites for hydroxylation is 1. The third kappa shape index (κ3) is 2.23. The number of hydrogen-bond donors (Lipinski definition) is 0. The summed E-state index contributed by atoms with van der Waals surface area (Å²) in [6.07, 6.45) is 1.98. The second-order valence-electron chi connectivity index (χ2n) is 6.58. The second-order valence-corrected chi connectivity index (χ2v) is 6.58. The number of fused-ring (bicyclic) bond motifs is 2. The molecule has 0 N–H and O–H groups in total. The first-order chi connectivity index (χ1) is 12.8. The third-order valence-electron chi connectivity index (χ3n) is 5.06. The van der Waals surface area contributed by atoms with Crippen LogP contribution in [0.4, 0.5) is 0 Å². The zero-order valence-corrected chi connectivity index (χ0v) is 14.6. The van der Waals surface area contributed by atoms with Gasteiger partial charge in [0.25, 0.3) is 0 Å². The molecule has 2 heteroatoms. The van der Waals surface area contributed by atoms with Crippen LogP contribution >= 0.6 is 0 Å². The molecule has 0 saturated carbocycles. The third-order valence-corrected chi connectivity index (χ3v) is 5.06. The predicted octanol–water partition coefficient (Wildman–Crippen LogP) is 6.06. The van der Waals surface area contributed by atoms with Crippen LogP contribution in [0.25, 0.3) is 43.9 Å². The van der Waals surface area contributed by atoms with Gasteiger partial charge in [-0.3, -0.25) is 4.68 Å². The molecule has 1 heterocycles. The first-order valence-electron chi connectivity index (χ1n) is 8.81. The van der Waals surface area contributed by atoms with Gasteiger partial charge < -0.3 is 0 Å². The number of nitrogens with zero attached hydrogens (tertiary/aromatic N) is 2. The smallest absolute Gasteiger partial charge is 0.0763 e. The van der Waals surface area contributed by atoms with Gasteiger partial charge in [-0.2, -0.15) is 5.10 Å². The fraction of sp³-hybridized carbons (Fsp3) is 0.0417. The minimum absolute atomic E-state index is 1.15. The Morgan fingerprint density at radius 3 is 1.81 bits per heavy atom. The lowest BCUT2D eigenvalue weighted by Crippen LogP contribution is -1.95. The summed E-state index contributed by atoms with van der Waals surface area (Å²) >= 11 is 0. The molecule has 4 aromatic carbocycles. The van der Waals surface area contributed by atoms with Crippen molar-refractivity contribution in [3.05, 3.63) is 91.1 Å². The van der Waals surface area contributed by atoms with Crippen molar-refractivity contribution in [1.29, 1.82) is 0 Å². The normalized spacial score (nSPS) is 11.3. The molecule has 0 saturated heterocycles. The SMILES string of the molecule is Cn1ncc(-c2cccc3ccccc23)c1-c1cccc2ccccc12. The Hall–Kier alpha value is -3.39. The highest BCUT2D eigenvalue weighted by Gasteiger charge is 2.16. The van der Waals surface area contributed by atoms with Gasteiger partial charge in [-0.05, 0) is 27.1 Å². The molecule has 0 bridgehead atoms. The van der Waals surface area contributed by atoms with Crippen molar-refractivity contribution in [2.45, 2.75) is 0 Å². The van der Waals surface area contributed by atoms with E-state index in [1.54, 1.807) is 0 Å². The van der Waals surface area contributed by atoms with E-state index in [-0.39, 0.29) is 0 Å². The molecule has 0 aliphatic carbocycles. The first-order valence-corrected chi connectivity index (χ1v) is 8.81. The van der Waals surface area contributed by atoms with E-state index in [4.69, 9.17) is 0 Å². The molecule has 0 radical (unpaired) electrons. The molecule has 2 nitrogen and oxygen atoms in total. The van der Waals surface area contributed by atoms with E-state index in [9.17, 15) is 0 Å². The summed E-state index contributed by atoms with van der Waals surface area (Å²) in [6, 6.07) is 30.0. The Kier molecular flexibility index (Phi) is 3.36. The van der Waals surface area contributed by atoms with E-state index >= 15 is 0 Å². The Balaban J connectivity index is 1.84. The number of hydrogen-bond acceptors (Lipinski definition) is 1. The van der Waals surface area contributed by atoms with Crippen molar-refractivity contribution >= 4 is 21.5 Å². The zero-order valence-electron chi connectivity index (χ0n) is 14.6. The summed E-state index contributed by atoms with van der Waals surface area (Å²) in [4.78, 5) is 0. The molecular weight excluding hydrogens is 316 g/mol. The van der Waals surface area contributed by atoms with Crippen LogP contribution in [0, 0.1) is 0 Å². The molecule has 26 heavy (non-hydrogen) atoms. The first kappa shape index (κ1) is 14.9. The van der Waals surface area contributed by atoms with Crippen LogP contribution in [0.3, 0.4) is 0 Å². The molecule has 5 aromatic rings. The fourth-order valence-corrected chi connectivity index (χ4v) is 3.85. The van der Waals surface area contributed by atoms with Crippen LogP contribution in [0.15, 0.2) is 91.1 Å². The van der Waals surface area contributed by atoms with Crippen LogP contribution < -0.4 is 0 Å². The number of rotatable bonds is 2. The van der Waals surface area contributed by atoms with Crippen molar-refractivity contribution < 1.29 is 0 Å². The molecule has 0 aliphatic rings. The van der Waals surface area contributed by atoms with E-state index in [2.05, 4.69) is 90.0 Å². The number of aromatic nitrogens is 2. The van der Waals surface area contributed by atoms with Crippen LogP contribution in [0.1, 0.15) is 0 Å². The quantitative estimate of drug-likeness (QED) is 0.383. The van der Waals surface area contributed by atoms with Crippen LogP contribution in [-0.4, -0.2) is 9.78 Å². The minimum Gasteiger partial charge on any atom is -0.267 e. The summed E-state index contributed by atoms with van der Waals surface area (Å²) in [5, 5.41) is 9.60. The molecule has 0 fully saturated rings. The maximum absolute atomic E-state index is 4.60. The predicted molar refractivity (Wildman–Crippen MR) is 109 cm³/mol. The maximum atomic E-state index is 4.60. The standard InChI is InChI=1S/C24H18N2/c1-26-24(22-15-7-11-18-9-3-5-13-20(18)22)23(16-25-26)21-14-6-10-17-8-2-4-12-19(17)21/h2-16H,1H3. The highest BCUT2D eigenvalue weighted by atomic mass is 15.3. The number of benzene rings is 4. The van der Waals surface area contributed by atoms with Gasteiger partial charge in [0, 0.05) is 18.2 Å². The molecule has 1 aromatic heterocycles. The van der Waals surface area contributed by atoms with Gasteiger partial charge in [0.15, 0.2) is 0 Å². The Labute approximate surface area is 152 Å². The highest BCUT2D eigenvalue weighted by molar-refractivity contribution is 6.04. The molecule has 5 rings (SSSR count). The topological polar surface area (TPSA) is 17.8 Å². The summed E-state index contributed by atoms with van der Waals surface area (Å²) in [6.45, 7) is 0. The molecule has 0 amide bonds. The molecule has 0 spiro atoms. The van der Waals surface area contributed by atoms with E-state index in [0.29, 0.717) is 0 Å². The summed E-state index contributed by atoms with van der Waals surface area (Å²) in [5.74, 6) is 0. The summed E-state index contributed by atoms with van der Waals surface area (Å²) in [7, 11) is 2.02. The van der Waals surface area contributed by atoms with Crippen molar-refractivity contribution in [2.24, 2.45) is 7.05 Å². The van der Waals surface area contributed by atoms with Crippen LogP contribution in [-0.2, 0) is 7.05 Å². The van der Waals surface area contributed by atoms with Crippen molar-refractivity contribution in [3.8, 4) is 22.4 Å².